The maximum atomic E-state index is 13.2. The van der Waals surface area contributed by atoms with Crippen LogP contribution in [0.1, 0.15) is 29.5 Å². The highest BCUT2D eigenvalue weighted by atomic mass is 16.2. The molecule has 4 nitrogen and oxygen atoms in total. The number of rotatable bonds is 2. The molecule has 2 aliphatic rings. The molecule has 0 bridgehead atoms. The molecule has 1 atom stereocenters. The molecule has 0 unspecified atom stereocenters. The lowest BCUT2D eigenvalue weighted by Crippen LogP contribution is -2.40. The number of fused-ring (bicyclic) bond motifs is 1. The smallest absolute Gasteiger partial charge is 0.232 e. The largest absolute Gasteiger partial charge is 0.312 e. The Hall–Kier alpha value is -2.62. The van der Waals surface area contributed by atoms with Crippen LogP contribution in [0.3, 0.4) is 0 Å². The molecule has 26 heavy (non-hydrogen) atoms. The Morgan fingerprint density at radius 1 is 1.08 bits per heavy atom. The predicted octanol–water partition coefficient (Wildman–Crippen LogP) is 3.64. The van der Waals surface area contributed by atoms with Crippen molar-refractivity contribution >= 4 is 23.2 Å². The number of hydrogen-bond donors (Lipinski definition) is 0. The van der Waals surface area contributed by atoms with Crippen LogP contribution >= 0.6 is 0 Å². The van der Waals surface area contributed by atoms with Crippen molar-refractivity contribution in [3.63, 3.8) is 0 Å². The molecular formula is C22H24N2O2. The average Bonchev–Trinajstić information content (AvgIpc) is 3.04. The first-order chi connectivity index (χ1) is 12.5. The number of carbonyl (C=O) groups is 2. The summed E-state index contributed by atoms with van der Waals surface area (Å²) in [6.45, 7) is 5.32. The van der Waals surface area contributed by atoms with Gasteiger partial charge >= 0.3 is 0 Å². The van der Waals surface area contributed by atoms with Gasteiger partial charge in [-0.1, -0.05) is 24.3 Å². The summed E-state index contributed by atoms with van der Waals surface area (Å²) in [4.78, 5) is 29.4. The highest BCUT2D eigenvalue weighted by Crippen LogP contribution is 2.32. The van der Waals surface area contributed by atoms with Crippen molar-refractivity contribution in [1.82, 2.24) is 0 Å². The van der Waals surface area contributed by atoms with Crippen LogP contribution < -0.4 is 9.80 Å². The second kappa shape index (κ2) is 6.60. The zero-order valence-electron chi connectivity index (χ0n) is 15.4. The standard InChI is InChI=1S/C22H24N2O2/c1-15-9-10-19(12-16(15)2)24-14-18(13-21(24)25)22(26)23-11-5-7-17-6-3-4-8-20(17)23/h3-4,6,8-10,12,18H,5,7,11,13-14H2,1-2H3/t18-/m1/s1. The molecule has 2 aliphatic heterocycles. The van der Waals surface area contributed by atoms with Gasteiger partial charge in [-0.3, -0.25) is 9.59 Å². The van der Waals surface area contributed by atoms with Gasteiger partial charge in [-0.05, 0) is 61.6 Å². The van der Waals surface area contributed by atoms with Crippen LogP contribution in [0.2, 0.25) is 0 Å². The fraction of sp³-hybridized carbons (Fsp3) is 0.364. The van der Waals surface area contributed by atoms with Crippen LogP contribution in [0.15, 0.2) is 42.5 Å². The van der Waals surface area contributed by atoms with Gasteiger partial charge in [-0.15, -0.1) is 0 Å². The van der Waals surface area contributed by atoms with Crippen molar-refractivity contribution in [3.05, 3.63) is 59.2 Å². The van der Waals surface area contributed by atoms with E-state index in [1.54, 1.807) is 4.90 Å². The first-order valence-electron chi connectivity index (χ1n) is 9.31. The maximum Gasteiger partial charge on any atom is 0.232 e. The number of amides is 2. The van der Waals surface area contributed by atoms with Crippen molar-refractivity contribution in [2.45, 2.75) is 33.1 Å². The first-order valence-corrected chi connectivity index (χ1v) is 9.31. The third-order valence-corrected chi connectivity index (χ3v) is 5.65. The monoisotopic (exact) mass is 348 g/mol. The molecule has 0 spiro atoms. The summed E-state index contributed by atoms with van der Waals surface area (Å²) in [5, 5.41) is 0. The van der Waals surface area contributed by atoms with Crippen LogP contribution in [0.5, 0.6) is 0 Å². The number of nitrogens with zero attached hydrogens (tertiary/aromatic N) is 2. The summed E-state index contributed by atoms with van der Waals surface area (Å²) >= 11 is 0. The van der Waals surface area contributed by atoms with Crippen molar-refractivity contribution in [2.24, 2.45) is 5.92 Å². The van der Waals surface area contributed by atoms with E-state index in [-0.39, 0.29) is 17.7 Å². The number of aryl methyl sites for hydroxylation is 3. The lowest BCUT2D eigenvalue weighted by atomic mass is 9.99. The number of hydrogen-bond acceptors (Lipinski definition) is 2. The Kier molecular flexibility index (Phi) is 4.27. The SMILES string of the molecule is Cc1ccc(N2C[C@H](C(=O)N3CCCc4ccccc43)CC2=O)cc1C. The molecule has 0 aliphatic carbocycles. The number of carbonyl (C=O) groups excluding carboxylic acids is 2. The average molecular weight is 348 g/mol. The molecule has 2 amide bonds. The molecule has 4 heteroatoms. The van der Waals surface area contributed by atoms with Gasteiger partial charge in [0, 0.05) is 30.9 Å². The van der Waals surface area contributed by atoms with Crippen molar-refractivity contribution in [1.29, 1.82) is 0 Å². The van der Waals surface area contributed by atoms with E-state index in [1.807, 2.05) is 48.2 Å². The van der Waals surface area contributed by atoms with Gasteiger partial charge in [-0.2, -0.15) is 0 Å². The van der Waals surface area contributed by atoms with Crippen LogP contribution in [0.25, 0.3) is 0 Å². The number of para-hydroxylation sites is 1. The van der Waals surface area contributed by atoms with E-state index >= 15 is 0 Å². The molecule has 1 saturated heterocycles. The zero-order chi connectivity index (χ0) is 18.3. The van der Waals surface area contributed by atoms with Crippen LogP contribution in [-0.4, -0.2) is 24.9 Å². The highest BCUT2D eigenvalue weighted by Gasteiger charge is 2.38. The van der Waals surface area contributed by atoms with Crippen LogP contribution in [0.4, 0.5) is 11.4 Å². The van der Waals surface area contributed by atoms with E-state index in [0.717, 1.165) is 36.3 Å². The highest BCUT2D eigenvalue weighted by molar-refractivity contribution is 6.04. The lowest BCUT2D eigenvalue weighted by molar-refractivity contribution is -0.124. The third-order valence-electron chi connectivity index (χ3n) is 5.65. The quantitative estimate of drug-likeness (QED) is 0.831. The Morgan fingerprint density at radius 3 is 2.69 bits per heavy atom. The fourth-order valence-corrected chi connectivity index (χ4v) is 4.00. The van der Waals surface area contributed by atoms with E-state index in [2.05, 4.69) is 13.0 Å². The maximum absolute atomic E-state index is 13.2. The summed E-state index contributed by atoms with van der Waals surface area (Å²) in [6.07, 6.45) is 2.28. The topological polar surface area (TPSA) is 40.6 Å². The summed E-state index contributed by atoms with van der Waals surface area (Å²) in [6, 6.07) is 14.2. The van der Waals surface area contributed by atoms with Gasteiger partial charge < -0.3 is 9.80 Å². The molecule has 0 saturated carbocycles. The van der Waals surface area contributed by atoms with Gasteiger partial charge in [0.1, 0.15) is 0 Å². The van der Waals surface area contributed by atoms with Crippen LogP contribution in [0, 0.1) is 19.8 Å². The van der Waals surface area contributed by atoms with E-state index in [0.29, 0.717) is 13.0 Å². The summed E-state index contributed by atoms with van der Waals surface area (Å²) < 4.78 is 0. The minimum atomic E-state index is -0.268. The molecule has 2 aromatic carbocycles. The van der Waals surface area contributed by atoms with E-state index in [9.17, 15) is 9.59 Å². The molecule has 134 valence electrons. The lowest BCUT2D eigenvalue weighted by Gasteiger charge is -2.31. The normalized spacial score (nSPS) is 19.6. The molecule has 0 aromatic heterocycles. The Bertz CT molecular complexity index is 874. The van der Waals surface area contributed by atoms with Gasteiger partial charge in [0.2, 0.25) is 11.8 Å². The van der Waals surface area contributed by atoms with Gasteiger partial charge in [0.15, 0.2) is 0 Å². The fourth-order valence-electron chi connectivity index (χ4n) is 4.00. The Labute approximate surface area is 154 Å². The molecule has 0 radical (unpaired) electrons. The van der Waals surface area contributed by atoms with Crippen molar-refractivity contribution in [2.75, 3.05) is 22.9 Å². The molecule has 4 rings (SSSR count). The summed E-state index contributed by atoms with van der Waals surface area (Å²) in [7, 11) is 0. The number of benzene rings is 2. The van der Waals surface area contributed by atoms with E-state index < -0.39 is 0 Å². The second-order valence-corrected chi connectivity index (χ2v) is 7.40. The molecule has 0 N–H and O–H groups in total. The summed E-state index contributed by atoms with van der Waals surface area (Å²) in [5.74, 6) is -0.149. The Balaban J connectivity index is 1.56. The molecular weight excluding hydrogens is 324 g/mol. The third kappa shape index (κ3) is 2.90. The van der Waals surface area contributed by atoms with Crippen molar-refractivity contribution in [3.8, 4) is 0 Å². The summed E-state index contributed by atoms with van der Waals surface area (Å²) in [5.41, 5.74) is 5.50. The Morgan fingerprint density at radius 2 is 1.88 bits per heavy atom. The zero-order valence-corrected chi connectivity index (χ0v) is 15.4. The van der Waals surface area contributed by atoms with Crippen LogP contribution in [-0.2, 0) is 16.0 Å². The predicted molar refractivity (Wildman–Crippen MR) is 103 cm³/mol. The van der Waals surface area contributed by atoms with E-state index in [4.69, 9.17) is 0 Å². The van der Waals surface area contributed by atoms with Gasteiger partial charge in [0.05, 0.1) is 5.92 Å². The second-order valence-electron chi connectivity index (χ2n) is 7.40. The van der Waals surface area contributed by atoms with Crippen molar-refractivity contribution < 1.29 is 9.59 Å². The molecule has 1 fully saturated rings. The minimum absolute atomic E-state index is 0.0388. The van der Waals surface area contributed by atoms with Gasteiger partial charge in [0.25, 0.3) is 0 Å². The molecule has 2 heterocycles. The van der Waals surface area contributed by atoms with E-state index in [1.165, 1.54) is 11.1 Å². The molecule has 2 aromatic rings. The minimum Gasteiger partial charge on any atom is -0.312 e. The van der Waals surface area contributed by atoms with Gasteiger partial charge in [-0.25, -0.2) is 0 Å². The number of anilines is 2. The first kappa shape index (κ1) is 16.8.